The minimum Gasteiger partial charge on any atom is -0.389 e. The molecule has 0 fully saturated rings. The van der Waals surface area contributed by atoms with Gasteiger partial charge in [0, 0.05) is 19.8 Å². The summed E-state index contributed by atoms with van der Waals surface area (Å²) in [4.78, 5) is 21.7. The van der Waals surface area contributed by atoms with E-state index in [0.29, 0.717) is 23.8 Å². The zero-order chi connectivity index (χ0) is 13.7. The first kappa shape index (κ1) is 14.3. The van der Waals surface area contributed by atoms with Crippen molar-refractivity contribution >= 4 is 28.9 Å². The summed E-state index contributed by atoms with van der Waals surface area (Å²) in [5, 5.41) is 2.94. The summed E-state index contributed by atoms with van der Waals surface area (Å²) in [5.41, 5.74) is 6.12. The van der Waals surface area contributed by atoms with Crippen molar-refractivity contribution in [2.45, 2.75) is 13.8 Å². The van der Waals surface area contributed by atoms with Gasteiger partial charge in [-0.05, 0) is 13.8 Å². The molecule has 1 rings (SSSR count). The first-order chi connectivity index (χ1) is 8.45. The Labute approximate surface area is 112 Å². The lowest BCUT2D eigenvalue weighted by Gasteiger charge is -2.16. The van der Waals surface area contributed by atoms with Crippen LogP contribution in [-0.2, 0) is 4.79 Å². The Bertz CT molecular complexity index is 463. The zero-order valence-corrected chi connectivity index (χ0v) is 11.5. The molecule has 0 spiro atoms. The average Bonchev–Trinajstić information content (AvgIpc) is 2.34. The number of hydrogen-bond acceptors (Lipinski definition) is 5. The van der Waals surface area contributed by atoms with Crippen molar-refractivity contribution in [3.05, 3.63) is 17.6 Å². The van der Waals surface area contributed by atoms with E-state index < -0.39 is 0 Å². The molecule has 1 amide bonds. The van der Waals surface area contributed by atoms with Gasteiger partial charge in [0.1, 0.15) is 16.6 Å². The number of nitrogens with one attached hydrogen (secondary N) is 1. The summed E-state index contributed by atoms with van der Waals surface area (Å²) in [6.07, 6.45) is 1.56. The van der Waals surface area contributed by atoms with E-state index in [1.54, 1.807) is 25.1 Å². The number of thiocarbonyl (C=S) groups is 1. The molecule has 6 nitrogen and oxygen atoms in total. The number of aromatic nitrogens is 2. The summed E-state index contributed by atoms with van der Waals surface area (Å²) in [6, 6.07) is 0. The fraction of sp³-hybridized carbons (Fsp3) is 0.455. The molecule has 0 saturated carbocycles. The molecule has 0 saturated heterocycles. The summed E-state index contributed by atoms with van der Waals surface area (Å²) in [7, 11) is 1.74. The molecule has 98 valence electrons. The minimum absolute atomic E-state index is 0.0253. The largest absolute Gasteiger partial charge is 0.389 e. The Balaban J connectivity index is 2.81. The molecule has 0 aliphatic carbocycles. The highest BCUT2D eigenvalue weighted by molar-refractivity contribution is 7.80. The number of likely N-dealkylation sites (N-methyl/N-ethyl adjacent to an activating group) is 1. The molecule has 1 aromatic rings. The quantitative estimate of drug-likeness (QED) is 0.747. The van der Waals surface area contributed by atoms with Crippen LogP contribution in [0.2, 0.25) is 0 Å². The van der Waals surface area contributed by atoms with E-state index in [-0.39, 0.29) is 17.4 Å². The molecule has 1 aromatic heterocycles. The predicted molar refractivity (Wildman–Crippen MR) is 74.5 cm³/mol. The third-order valence-corrected chi connectivity index (χ3v) is 2.70. The van der Waals surface area contributed by atoms with Crippen LogP contribution in [-0.4, -0.2) is 45.9 Å². The van der Waals surface area contributed by atoms with Gasteiger partial charge in [-0.1, -0.05) is 12.2 Å². The first-order valence-electron chi connectivity index (χ1n) is 5.57. The lowest BCUT2D eigenvalue weighted by atomic mass is 10.3. The summed E-state index contributed by atoms with van der Waals surface area (Å²) in [5.74, 6) is 1.06. The smallest absolute Gasteiger partial charge is 0.241 e. The monoisotopic (exact) mass is 267 g/mol. The van der Waals surface area contributed by atoms with Gasteiger partial charge in [-0.25, -0.2) is 9.97 Å². The maximum Gasteiger partial charge on any atom is 0.241 e. The number of hydrogen-bond donors (Lipinski definition) is 2. The highest BCUT2D eigenvalue weighted by atomic mass is 32.1. The molecule has 0 atom stereocenters. The van der Waals surface area contributed by atoms with Crippen LogP contribution in [0.25, 0.3) is 0 Å². The fourth-order valence-corrected chi connectivity index (χ4v) is 1.41. The Kier molecular flexibility index (Phi) is 4.96. The van der Waals surface area contributed by atoms with Gasteiger partial charge >= 0.3 is 0 Å². The van der Waals surface area contributed by atoms with Crippen LogP contribution >= 0.6 is 12.2 Å². The summed E-state index contributed by atoms with van der Waals surface area (Å²) >= 11 is 4.91. The van der Waals surface area contributed by atoms with E-state index in [0.717, 1.165) is 0 Å². The molecule has 18 heavy (non-hydrogen) atoms. The zero-order valence-electron chi connectivity index (χ0n) is 10.7. The molecule has 0 unspecified atom stereocenters. The van der Waals surface area contributed by atoms with Gasteiger partial charge in [-0.3, -0.25) is 4.79 Å². The van der Waals surface area contributed by atoms with E-state index in [1.807, 2.05) is 6.92 Å². The highest BCUT2D eigenvalue weighted by Gasteiger charge is 2.11. The van der Waals surface area contributed by atoms with Crippen LogP contribution in [0.4, 0.5) is 5.82 Å². The van der Waals surface area contributed by atoms with Crippen molar-refractivity contribution in [2.24, 2.45) is 5.73 Å². The molecule has 7 heteroatoms. The molecular formula is C11H17N5OS. The standard InChI is InChI=1S/C11H17N5OS/c1-4-16(3)9(17)6-14-11-8(10(12)18)5-13-7(2)15-11/h5H,4,6H2,1-3H3,(H2,12,18)(H,13,14,15). The van der Waals surface area contributed by atoms with E-state index in [1.165, 1.54) is 0 Å². The number of nitrogens with zero attached hydrogens (tertiary/aromatic N) is 3. The topological polar surface area (TPSA) is 84.1 Å². The van der Waals surface area contributed by atoms with E-state index >= 15 is 0 Å². The lowest BCUT2D eigenvalue weighted by Crippen LogP contribution is -2.32. The molecule has 0 radical (unpaired) electrons. The van der Waals surface area contributed by atoms with Crippen molar-refractivity contribution in [3.63, 3.8) is 0 Å². The molecule has 0 aliphatic heterocycles. The highest BCUT2D eigenvalue weighted by Crippen LogP contribution is 2.11. The van der Waals surface area contributed by atoms with Crippen molar-refractivity contribution in [1.29, 1.82) is 0 Å². The average molecular weight is 267 g/mol. The lowest BCUT2D eigenvalue weighted by molar-refractivity contribution is -0.127. The number of anilines is 1. The Hall–Kier alpha value is -1.76. The third-order valence-electron chi connectivity index (χ3n) is 2.48. The second-order valence-corrected chi connectivity index (χ2v) is 4.25. The van der Waals surface area contributed by atoms with Gasteiger partial charge in [-0.2, -0.15) is 0 Å². The Morgan fingerprint density at radius 3 is 2.83 bits per heavy atom. The first-order valence-corrected chi connectivity index (χ1v) is 5.97. The number of carbonyl (C=O) groups is 1. The molecule has 3 N–H and O–H groups in total. The van der Waals surface area contributed by atoms with E-state index in [4.69, 9.17) is 18.0 Å². The van der Waals surface area contributed by atoms with Crippen LogP contribution in [0.1, 0.15) is 18.3 Å². The van der Waals surface area contributed by atoms with E-state index in [9.17, 15) is 4.79 Å². The fourth-order valence-electron chi connectivity index (χ4n) is 1.26. The summed E-state index contributed by atoms with van der Waals surface area (Å²) < 4.78 is 0. The molecule has 0 bridgehead atoms. The number of rotatable bonds is 5. The molecule has 0 aromatic carbocycles. The van der Waals surface area contributed by atoms with Gasteiger partial charge in [-0.15, -0.1) is 0 Å². The third kappa shape index (κ3) is 3.63. The van der Waals surface area contributed by atoms with E-state index in [2.05, 4.69) is 15.3 Å². The van der Waals surface area contributed by atoms with Crippen LogP contribution in [0.5, 0.6) is 0 Å². The maximum absolute atomic E-state index is 11.7. The van der Waals surface area contributed by atoms with Gasteiger partial charge in [0.05, 0.1) is 12.1 Å². The molecular weight excluding hydrogens is 250 g/mol. The molecule has 0 aliphatic rings. The SMILES string of the molecule is CCN(C)C(=O)CNc1nc(C)ncc1C(N)=S. The second kappa shape index (κ2) is 6.25. The second-order valence-electron chi connectivity index (χ2n) is 3.81. The van der Waals surface area contributed by atoms with Crippen molar-refractivity contribution in [3.8, 4) is 0 Å². The normalized spacial score (nSPS) is 9.94. The molecule has 1 heterocycles. The van der Waals surface area contributed by atoms with Crippen molar-refractivity contribution in [1.82, 2.24) is 14.9 Å². The van der Waals surface area contributed by atoms with Gasteiger partial charge in [0.2, 0.25) is 5.91 Å². The van der Waals surface area contributed by atoms with Gasteiger partial charge in [0.15, 0.2) is 0 Å². The van der Waals surface area contributed by atoms with Crippen LogP contribution in [0.15, 0.2) is 6.20 Å². The minimum atomic E-state index is -0.0253. The maximum atomic E-state index is 11.7. The van der Waals surface area contributed by atoms with Crippen LogP contribution < -0.4 is 11.1 Å². The van der Waals surface area contributed by atoms with Gasteiger partial charge in [0.25, 0.3) is 0 Å². The van der Waals surface area contributed by atoms with Crippen LogP contribution in [0, 0.1) is 6.92 Å². The summed E-state index contributed by atoms with van der Waals surface area (Å²) in [6.45, 7) is 4.48. The van der Waals surface area contributed by atoms with Crippen LogP contribution in [0.3, 0.4) is 0 Å². The number of nitrogens with two attached hydrogens (primary N) is 1. The Morgan fingerprint density at radius 2 is 2.28 bits per heavy atom. The van der Waals surface area contributed by atoms with Crippen molar-refractivity contribution < 1.29 is 4.79 Å². The Morgan fingerprint density at radius 1 is 1.61 bits per heavy atom. The number of carbonyl (C=O) groups excluding carboxylic acids is 1. The van der Waals surface area contributed by atoms with Crippen molar-refractivity contribution in [2.75, 3.05) is 25.5 Å². The number of amides is 1. The predicted octanol–water partition coefficient (Wildman–Crippen LogP) is 0.309. The number of aryl methyl sites for hydroxylation is 1. The van der Waals surface area contributed by atoms with Gasteiger partial charge < -0.3 is 16.0 Å².